The van der Waals surface area contributed by atoms with E-state index in [0.717, 1.165) is 15.0 Å². The summed E-state index contributed by atoms with van der Waals surface area (Å²) in [5.41, 5.74) is 0.886. The number of hydrogen-bond acceptors (Lipinski definition) is 4. The predicted molar refractivity (Wildman–Crippen MR) is 73.4 cm³/mol. The number of thiazole rings is 1. The highest BCUT2D eigenvalue weighted by Crippen LogP contribution is 2.42. The van der Waals surface area contributed by atoms with Crippen LogP contribution in [0.25, 0.3) is 10.6 Å². The molecular formula is C11H9BrClNO2S. The van der Waals surface area contributed by atoms with Crippen molar-refractivity contribution >= 4 is 38.9 Å². The van der Waals surface area contributed by atoms with E-state index < -0.39 is 0 Å². The van der Waals surface area contributed by atoms with Gasteiger partial charge in [-0.3, -0.25) is 0 Å². The standard InChI is InChI=1S/C11H9BrClNO2S/c1-15-7-4-3-6(10(16-2)9(7)12)11-14-8(13)5-17-11/h3-5H,1-2H3. The number of benzene rings is 1. The Bertz CT molecular complexity index is 544. The Morgan fingerprint density at radius 1 is 1.29 bits per heavy atom. The van der Waals surface area contributed by atoms with Gasteiger partial charge >= 0.3 is 0 Å². The Labute approximate surface area is 116 Å². The molecule has 90 valence electrons. The molecule has 2 rings (SSSR count). The van der Waals surface area contributed by atoms with Crippen molar-refractivity contribution in [2.45, 2.75) is 0 Å². The molecule has 6 heteroatoms. The van der Waals surface area contributed by atoms with E-state index in [0.29, 0.717) is 16.7 Å². The number of methoxy groups -OCH3 is 2. The van der Waals surface area contributed by atoms with Crippen LogP contribution in [0.4, 0.5) is 0 Å². The summed E-state index contributed by atoms with van der Waals surface area (Å²) in [6.07, 6.45) is 0. The van der Waals surface area contributed by atoms with Crippen molar-refractivity contribution in [3.8, 4) is 22.1 Å². The van der Waals surface area contributed by atoms with E-state index in [4.69, 9.17) is 21.1 Å². The fraction of sp³-hybridized carbons (Fsp3) is 0.182. The molecule has 0 radical (unpaired) electrons. The van der Waals surface area contributed by atoms with E-state index in [2.05, 4.69) is 20.9 Å². The van der Waals surface area contributed by atoms with Crippen molar-refractivity contribution < 1.29 is 9.47 Å². The number of halogens is 2. The van der Waals surface area contributed by atoms with Crippen LogP contribution in [0.2, 0.25) is 5.15 Å². The van der Waals surface area contributed by atoms with E-state index >= 15 is 0 Å². The summed E-state index contributed by atoms with van der Waals surface area (Å²) in [4.78, 5) is 4.23. The Morgan fingerprint density at radius 3 is 2.59 bits per heavy atom. The maximum Gasteiger partial charge on any atom is 0.147 e. The summed E-state index contributed by atoms with van der Waals surface area (Å²) >= 11 is 10.7. The molecule has 0 aliphatic heterocycles. The first-order valence-corrected chi connectivity index (χ1v) is 6.74. The first-order chi connectivity index (χ1) is 8.17. The third-order valence-corrected chi connectivity index (χ3v) is 4.14. The summed E-state index contributed by atoms with van der Waals surface area (Å²) < 4.78 is 11.4. The zero-order chi connectivity index (χ0) is 12.4. The van der Waals surface area contributed by atoms with E-state index in [1.165, 1.54) is 11.3 Å². The number of nitrogens with zero attached hydrogens (tertiary/aromatic N) is 1. The average molecular weight is 335 g/mol. The molecule has 1 aromatic carbocycles. The molecule has 0 saturated carbocycles. The lowest BCUT2D eigenvalue weighted by atomic mass is 10.2. The third-order valence-electron chi connectivity index (χ3n) is 2.19. The van der Waals surface area contributed by atoms with Crippen LogP contribution in [0.5, 0.6) is 11.5 Å². The summed E-state index contributed by atoms with van der Waals surface area (Å²) in [6, 6.07) is 3.76. The lowest BCUT2D eigenvalue weighted by Gasteiger charge is -2.11. The molecule has 2 aromatic rings. The van der Waals surface area contributed by atoms with Gasteiger partial charge in [-0.05, 0) is 28.1 Å². The second-order valence-electron chi connectivity index (χ2n) is 3.14. The topological polar surface area (TPSA) is 31.4 Å². The molecule has 3 nitrogen and oxygen atoms in total. The largest absolute Gasteiger partial charge is 0.495 e. The van der Waals surface area contributed by atoms with Gasteiger partial charge < -0.3 is 9.47 Å². The van der Waals surface area contributed by atoms with Crippen molar-refractivity contribution in [2.24, 2.45) is 0 Å². The van der Waals surface area contributed by atoms with E-state index in [1.54, 1.807) is 19.6 Å². The Morgan fingerprint density at radius 2 is 2.06 bits per heavy atom. The van der Waals surface area contributed by atoms with Crippen LogP contribution < -0.4 is 9.47 Å². The van der Waals surface area contributed by atoms with Crippen molar-refractivity contribution in [3.05, 3.63) is 27.1 Å². The molecule has 1 aromatic heterocycles. The smallest absolute Gasteiger partial charge is 0.147 e. The van der Waals surface area contributed by atoms with E-state index in [1.807, 2.05) is 12.1 Å². The molecule has 0 unspecified atom stereocenters. The van der Waals surface area contributed by atoms with Gasteiger partial charge in [-0.1, -0.05) is 11.6 Å². The minimum atomic E-state index is 0.485. The average Bonchev–Trinajstić information content (AvgIpc) is 2.75. The number of ether oxygens (including phenoxy) is 2. The monoisotopic (exact) mass is 333 g/mol. The number of rotatable bonds is 3. The molecule has 0 aliphatic rings. The summed E-state index contributed by atoms with van der Waals surface area (Å²) in [5, 5.41) is 3.09. The van der Waals surface area contributed by atoms with Crippen molar-refractivity contribution in [3.63, 3.8) is 0 Å². The first kappa shape index (κ1) is 12.7. The second kappa shape index (κ2) is 5.25. The summed E-state index contributed by atoms with van der Waals surface area (Å²) in [7, 11) is 3.22. The predicted octanol–water partition coefficient (Wildman–Crippen LogP) is 4.24. The second-order valence-corrected chi connectivity index (χ2v) is 5.18. The minimum Gasteiger partial charge on any atom is -0.495 e. The maximum atomic E-state index is 5.83. The van der Waals surface area contributed by atoms with Gasteiger partial charge in [0.1, 0.15) is 26.1 Å². The zero-order valence-corrected chi connectivity index (χ0v) is 12.3. The molecule has 1 heterocycles. The molecule has 0 saturated heterocycles. The van der Waals surface area contributed by atoms with Gasteiger partial charge in [0.25, 0.3) is 0 Å². The molecule has 0 spiro atoms. The van der Waals surface area contributed by atoms with Crippen LogP contribution in [-0.4, -0.2) is 19.2 Å². The number of hydrogen-bond donors (Lipinski definition) is 0. The quantitative estimate of drug-likeness (QED) is 0.841. The fourth-order valence-corrected chi connectivity index (χ4v) is 3.08. The summed E-state index contributed by atoms with van der Waals surface area (Å²) in [5.74, 6) is 1.41. The Kier molecular flexibility index (Phi) is 3.91. The molecule has 17 heavy (non-hydrogen) atoms. The maximum absolute atomic E-state index is 5.83. The zero-order valence-electron chi connectivity index (χ0n) is 9.16. The van der Waals surface area contributed by atoms with E-state index in [9.17, 15) is 0 Å². The van der Waals surface area contributed by atoms with Gasteiger partial charge in [0.05, 0.1) is 19.8 Å². The van der Waals surface area contributed by atoms with Crippen LogP contribution in [0.15, 0.2) is 22.0 Å². The molecule has 0 atom stereocenters. The van der Waals surface area contributed by atoms with E-state index in [-0.39, 0.29) is 0 Å². The van der Waals surface area contributed by atoms with Crippen molar-refractivity contribution in [2.75, 3.05) is 14.2 Å². The fourth-order valence-electron chi connectivity index (χ4n) is 1.44. The Hall–Kier alpha value is -0.780. The molecule has 0 fully saturated rings. The van der Waals surface area contributed by atoms with Crippen LogP contribution in [-0.2, 0) is 0 Å². The highest BCUT2D eigenvalue weighted by atomic mass is 79.9. The van der Waals surface area contributed by atoms with Crippen molar-refractivity contribution in [1.29, 1.82) is 0 Å². The first-order valence-electron chi connectivity index (χ1n) is 4.69. The van der Waals surface area contributed by atoms with Crippen LogP contribution in [0.1, 0.15) is 0 Å². The van der Waals surface area contributed by atoms with Gasteiger partial charge in [-0.15, -0.1) is 11.3 Å². The van der Waals surface area contributed by atoms with Gasteiger partial charge in [0.2, 0.25) is 0 Å². The number of aromatic nitrogens is 1. The SMILES string of the molecule is COc1ccc(-c2nc(Cl)cs2)c(OC)c1Br. The van der Waals surface area contributed by atoms with Gasteiger partial charge in [-0.2, -0.15) is 0 Å². The Balaban J connectivity index is 2.58. The lowest BCUT2D eigenvalue weighted by molar-refractivity contribution is 0.390. The minimum absolute atomic E-state index is 0.485. The molecular weight excluding hydrogens is 326 g/mol. The van der Waals surface area contributed by atoms with Gasteiger partial charge in [-0.25, -0.2) is 4.98 Å². The lowest BCUT2D eigenvalue weighted by Crippen LogP contribution is -1.92. The highest BCUT2D eigenvalue weighted by molar-refractivity contribution is 9.10. The van der Waals surface area contributed by atoms with Crippen LogP contribution >= 0.6 is 38.9 Å². The molecule has 0 aliphatic carbocycles. The van der Waals surface area contributed by atoms with Gasteiger partial charge in [0.15, 0.2) is 0 Å². The van der Waals surface area contributed by atoms with Crippen LogP contribution in [0.3, 0.4) is 0 Å². The summed E-state index contributed by atoms with van der Waals surface area (Å²) in [6.45, 7) is 0. The van der Waals surface area contributed by atoms with Gasteiger partial charge in [0, 0.05) is 5.38 Å². The molecule has 0 amide bonds. The third kappa shape index (κ3) is 2.41. The van der Waals surface area contributed by atoms with Crippen LogP contribution in [0, 0.1) is 0 Å². The highest BCUT2D eigenvalue weighted by Gasteiger charge is 2.16. The van der Waals surface area contributed by atoms with Crippen molar-refractivity contribution in [1.82, 2.24) is 4.98 Å². The molecule has 0 bridgehead atoms. The molecule has 0 N–H and O–H groups in total. The normalized spacial score (nSPS) is 10.4.